The average molecular weight is 587 g/mol. The molecule has 0 spiro atoms. The van der Waals surface area contributed by atoms with Crippen molar-refractivity contribution in [2.75, 3.05) is 34.4 Å². The van der Waals surface area contributed by atoms with Gasteiger partial charge in [0.2, 0.25) is 0 Å². The van der Waals surface area contributed by atoms with Crippen molar-refractivity contribution in [3.8, 4) is 5.75 Å². The lowest BCUT2D eigenvalue weighted by atomic mass is 9.52. The van der Waals surface area contributed by atoms with Gasteiger partial charge in [-0.3, -0.25) is 4.18 Å². The van der Waals surface area contributed by atoms with Crippen molar-refractivity contribution in [2.24, 2.45) is 23.2 Å². The number of methoxy groups -OCH3 is 2. The quantitative estimate of drug-likeness (QED) is 0.148. The monoisotopic (exact) mass is 586 g/mol. The molecule has 0 aromatic heterocycles. The number of rotatable bonds is 13. The summed E-state index contributed by atoms with van der Waals surface area (Å²) in [5.74, 6) is 3.08. The van der Waals surface area contributed by atoms with Gasteiger partial charge in [-0.05, 0) is 116 Å². The minimum Gasteiger partial charge on any atom is -0.468 e. The Morgan fingerprint density at radius 2 is 1.73 bits per heavy atom. The minimum atomic E-state index is -3.74. The Bertz CT molecular complexity index is 1260. The first-order valence-corrected chi connectivity index (χ1v) is 16.5. The molecule has 2 fully saturated rings. The Balaban J connectivity index is 1.29. The summed E-state index contributed by atoms with van der Waals surface area (Å²) >= 11 is 0. The lowest BCUT2D eigenvalue weighted by Crippen LogP contribution is -2.47. The van der Waals surface area contributed by atoms with Crippen molar-refractivity contribution in [2.45, 2.75) is 82.1 Å². The second-order valence-corrected chi connectivity index (χ2v) is 14.0. The maximum atomic E-state index is 12.6. The van der Waals surface area contributed by atoms with E-state index in [1.54, 1.807) is 38.5 Å². The minimum absolute atomic E-state index is 0.155. The Labute approximate surface area is 246 Å². The number of ether oxygens (including phenoxy) is 4. The fraction of sp³-hybridized carbons (Fsp3) is 0.636. The summed E-state index contributed by atoms with van der Waals surface area (Å²) in [6.45, 7) is 5.17. The smallest absolute Gasteiger partial charge is 0.296 e. The van der Waals surface area contributed by atoms with Crippen molar-refractivity contribution >= 4 is 10.1 Å². The van der Waals surface area contributed by atoms with Gasteiger partial charge in [0.25, 0.3) is 10.1 Å². The van der Waals surface area contributed by atoms with Crippen LogP contribution in [0.15, 0.2) is 47.4 Å². The highest BCUT2D eigenvalue weighted by Gasteiger charge is 2.57. The Morgan fingerprint density at radius 3 is 2.49 bits per heavy atom. The van der Waals surface area contributed by atoms with Gasteiger partial charge in [-0.15, -0.1) is 0 Å². The first-order chi connectivity index (χ1) is 19.8. The van der Waals surface area contributed by atoms with Gasteiger partial charge in [-0.1, -0.05) is 37.1 Å². The molecule has 6 atom stereocenters. The molecule has 0 aliphatic heterocycles. The zero-order chi connectivity index (χ0) is 29.0. The molecule has 3 aliphatic rings. The molecule has 226 valence electrons. The zero-order valence-electron chi connectivity index (χ0n) is 25.0. The van der Waals surface area contributed by atoms with Crippen LogP contribution >= 0.6 is 0 Å². The molecule has 41 heavy (non-hydrogen) atoms. The van der Waals surface area contributed by atoms with Crippen LogP contribution in [-0.4, -0.2) is 48.9 Å². The summed E-state index contributed by atoms with van der Waals surface area (Å²) in [7, 11) is -0.403. The van der Waals surface area contributed by atoms with Crippen LogP contribution in [0.2, 0.25) is 0 Å². The summed E-state index contributed by atoms with van der Waals surface area (Å²) in [5.41, 5.74) is 4.04. The molecule has 0 bridgehead atoms. The van der Waals surface area contributed by atoms with E-state index in [0.717, 1.165) is 49.8 Å². The molecule has 0 N–H and O–H groups in total. The third-order valence-corrected chi connectivity index (χ3v) is 11.4. The van der Waals surface area contributed by atoms with E-state index in [9.17, 15) is 8.42 Å². The highest BCUT2D eigenvalue weighted by molar-refractivity contribution is 7.86. The van der Waals surface area contributed by atoms with Gasteiger partial charge in [0.05, 0.1) is 17.6 Å². The predicted octanol–water partition coefficient (Wildman–Crippen LogP) is 6.62. The molecule has 2 saturated carbocycles. The molecule has 5 rings (SSSR count). The Kier molecular flexibility index (Phi) is 9.76. The van der Waals surface area contributed by atoms with Gasteiger partial charge < -0.3 is 18.9 Å². The highest BCUT2D eigenvalue weighted by Crippen LogP contribution is 2.63. The number of hydrogen-bond acceptors (Lipinski definition) is 7. The largest absolute Gasteiger partial charge is 0.468 e. The van der Waals surface area contributed by atoms with Crippen LogP contribution in [0.25, 0.3) is 0 Å². The van der Waals surface area contributed by atoms with E-state index in [0.29, 0.717) is 36.9 Å². The van der Waals surface area contributed by atoms with Crippen LogP contribution in [0.3, 0.4) is 0 Å². The number of hydrogen-bond donors (Lipinski definition) is 0. The molecular weight excluding hydrogens is 540 g/mol. The van der Waals surface area contributed by atoms with E-state index in [1.165, 1.54) is 17.5 Å². The van der Waals surface area contributed by atoms with Gasteiger partial charge in [0, 0.05) is 14.2 Å². The first-order valence-electron chi connectivity index (χ1n) is 15.1. The van der Waals surface area contributed by atoms with E-state index >= 15 is 0 Å². The number of unbranched alkanes of at least 4 members (excludes halogenated alkanes) is 1. The van der Waals surface area contributed by atoms with Crippen molar-refractivity contribution in [1.29, 1.82) is 0 Å². The number of fused-ring (bicyclic) bond motifs is 5. The highest BCUT2D eigenvalue weighted by atomic mass is 32.2. The van der Waals surface area contributed by atoms with Crippen LogP contribution in [0.1, 0.15) is 74.5 Å². The van der Waals surface area contributed by atoms with Crippen molar-refractivity contribution in [3.63, 3.8) is 0 Å². The normalized spacial score (nSPS) is 29.0. The van der Waals surface area contributed by atoms with E-state index in [2.05, 4.69) is 25.1 Å². The predicted molar refractivity (Wildman–Crippen MR) is 157 cm³/mol. The lowest BCUT2D eigenvalue weighted by molar-refractivity contribution is -0.128. The fourth-order valence-electron chi connectivity index (χ4n) is 8.09. The van der Waals surface area contributed by atoms with Gasteiger partial charge in [-0.2, -0.15) is 8.42 Å². The van der Waals surface area contributed by atoms with E-state index in [4.69, 9.17) is 23.1 Å². The summed E-state index contributed by atoms with van der Waals surface area (Å²) in [6, 6.07) is 13.4. The molecule has 8 heteroatoms. The lowest BCUT2D eigenvalue weighted by Gasteiger charge is -2.53. The van der Waals surface area contributed by atoms with Gasteiger partial charge in [-0.25, -0.2) is 0 Å². The van der Waals surface area contributed by atoms with E-state index in [1.807, 2.05) is 6.92 Å². The topological polar surface area (TPSA) is 80.3 Å². The van der Waals surface area contributed by atoms with E-state index < -0.39 is 10.1 Å². The number of aryl methyl sites for hydroxylation is 1. The second kappa shape index (κ2) is 13.1. The van der Waals surface area contributed by atoms with E-state index in [-0.39, 0.29) is 29.8 Å². The molecule has 0 radical (unpaired) electrons. The molecule has 0 heterocycles. The summed E-state index contributed by atoms with van der Waals surface area (Å²) in [6.07, 6.45) is 8.53. The zero-order valence-corrected chi connectivity index (χ0v) is 25.8. The third-order valence-electron chi connectivity index (χ3n) is 10.0. The third kappa shape index (κ3) is 6.52. The summed E-state index contributed by atoms with van der Waals surface area (Å²) < 4.78 is 53.1. The second-order valence-electron chi connectivity index (χ2n) is 12.4. The van der Waals surface area contributed by atoms with Crippen LogP contribution in [0.4, 0.5) is 0 Å². The molecular formula is C33H46O7S. The summed E-state index contributed by atoms with van der Waals surface area (Å²) in [4.78, 5) is 0.217. The Hall–Kier alpha value is -1.97. The molecule has 0 saturated heterocycles. The fourth-order valence-corrected chi connectivity index (χ4v) is 9.03. The van der Waals surface area contributed by atoms with Gasteiger partial charge >= 0.3 is 0 Å². The Morgan fingerprint density at radius 1 is 0.951 bits per heavy atom. The van der Waals surface area contributed by atoms with Crippen LogP contribution in [0.5, 0.6) is 5.75 Å². The standard InChI is InChI=1S/C33H46O7S/c1-23-8-11-27(12-9-23)41(34,35)40-18-6-5-7-24-19-25-20-26(38-21-36-3)10-13-28(25)29-16-17-33(2)30(32(24)29)14-15-31(33)39-22-37-4/h8-13,20,24,29-32H,5-7,14-19,21-22H2,1-4H3/t24-,29?,30?,31+,32?,33+/m1/s1. The van der Waals surface area contributed by atoms with Crippen LogP contribution in [-0.2, 0) is 34.9 Å². The molecule has 3 unspecified atom stereocenters. The SMILES string of the molecule is COCOc1ccc2c(c1)C[C@@H](CCCCOS(=O)(=O)c1ccc(C)cc1)C1C2CC[C@@]2(C)C1CC[C@@H]2OCOC. The van der Waals surface area contributed by atoms with Crippen LogP contribution in [0, 0.1) is 30.1 Å². The first kappa shape index (κ1) is 30.5. The van der Waals surface area contributed by atoms with Gasteiger partial charge in [0.1, 0.15) is 12.5 Å². The number of benzene rings is 2. The van der Waals surface area contributed by atoms with Crippen LogP contribution < -0.4 is 4.74 Å². The van der Waals surface area contributed by atoms with Gasteiger partial charge in [0.15, 0.2) is 6.79 Å². The molecule has 2 aromatic carbocycles. The maximum Gasteiger partial charge on any atom is 0.296 e. The molecule has 0 amide bonds. The van der Waals surface area contributed by atoms with Crippen molar-refractivity contribution in [1.82, 2.24) is 0 Å². The molecule has 3 aliphatic carbocycles. The maximum absolute atomic E-state index is 12.6. The van der Waals surface area contributed by atoms with Crippen molar-refractivity contribution < 1.29 is 31.5 Å². The van der Waals surface area contributed by atoms with Crippen molar-refractivity contribution in [3.05, 3.63) is 59.2 Å². The average Bonchev–Trinajstić information content (AvgIpc) is 3.30. The summed E-state index contributed by atoms with van der Waals surface area (Å²) in [5, 5.41) is 0. The molecule has 7 nitrogen and oxygen atoms in total. The molecule has 2 aromatic rings.